The molecule has 25 heavy (non-hydrogen) atoms. The molecule has 1 spiro atoms. The molecule has 3 heterocycles. The van der Waals surface area contributed by atoms with Crippen LogP contribution in [0.2, 0.25) is 0 Å². The van der Waals surface area contributed by atoms with Crippen molar-refractivity contribution in [3.8, 4) is 11.1 Å². The lowest BCUT2D eigenvalue weighted by molar-refractivity contribution is -0.544. The predicted molar refractivity (Wildman–Crippen MR) is 101 cm³/mol. The van der Waals surface area contributed by atoms with Crippen molar-refractivity contribution in [3.05, 3.63) is 60.8 Å². The fraction of sp³-hybridized carbons (Fsp3) is 0.286. The van der Waals surface area contributed by atoms with E-state index < -0.39 is 17.9 Å². The van der Waals surface area contributed by atoms with Crippen LogP contribution < -0.4 is 9.94 Å². The van der Waals surface area contributed by atoms with Crippen molar-refractivity contribution in [2.24, 2.45) is 0 Å². The summed E-state index contributed by atoms with van der Waals surface area (Å²) < 4.78 is 15.8. The van der Waals surface area contributed by atoms with Crippen molar-refractivity contribution >= 4 is 23.1 Å². The summed E-state index contributed by atoms with van der Waals surface area (Å²) in [7, 11) is 0. The lowest BCUT2D eigenvalue weighted by Gasteiger charge is -2.36. The number of aromatic nitrogens is 1. The van der Waals surface area contributed by atoms with E-state index in [0.717, 1.165) is 5.46 Å². The minimum atomic E-state index is -1.80. The third-order valence-electron chi connectivity index (χ3n) is 6.22. The summed E-state index contributed by atoms with van der Waals surface area (Å²) in [6, 6.07) is 19.2. The molecule has 2 aliphatic heterocycles. The average Bonchev–Trinajstić information content (AvgIpc) is 2.78. The first-order valence-electron chi connectivity index (χ1n) is 8.94. The third kappa shape index (κ3) is 1.76. The second-order valence-electron chi connectivity index (χ2n) is 8.17. The highest BCUT2D eigenvalue weighted by Crippen LogP contribution is 2.43. The molecule has 0 saturated carbocycles. The highest BCUT2D eigenvalue weighted by molar-refractivity contribution is 6.76. The Morgan fingerprint density at radius 1 is 0.760 bits per heavy atom. The summed E-state index contributed by atoms with van der Waals surface area (Å²) >= 11 is 0. The molecule has 1 aromatic heterocycles. The zero-order valence-corrected chi connectivity index (χ0v) is 15.1. The van der Waals surface area contributed by atoms with Crippen LogP contribution in [0.15, 0.2) is 60.8 Å². The molecule has 0 atom stereocenters. The Kier molecular flexibility index (Phi) is 2.73. The van der Waals surface area contributed by atoms with E-state index in [1.807, 2.05) is 0 Å². The predicted octanol–water partition coefficient (Wildman–Crippen LogP) is 3.41. The van der Waals surface area contributed by atoms with Gasteiger partial charge in [-0.3, -0.25) is 0 Å². The maximum absolute atomic E-state index is 6.77. The van der Waals surface area contributed by atoms with Gasteiger partial charge in [0.15, 0.2) is 5.52 Å². The van der Waals surface area contributed by atoms with Crippen molar-refractivity contribution < 1.29 is 13.8 Å². The monoisotopic (exact) mass is 331 g/mol. The van der Waals surface area contributed by atoms with Gasteiger partial charge in [0.05, 0.1) is 0 Å². The number of hydrogen-bond acceptors (Lipinski definition) is 2. The zero-order chi connectivity index (χ0) is 17.4. The number of benzene rings is 2. The molecule has 0 unspecified atom stereocenters. The maximum atomic E-state index is 6.77. The minimum absolute atomic E-state index is 0.401. The number of para-hydroxylation sites is 1. The minimum Gasteiger partial charge on any atom is -0.495 e. The first-order chi connectivity index (χ1) is 11.9. The standard InChI is InChI=1S/C21H22BNO2/c1-20(2)21(3,4)25-22(24-20)18-13-6-5-11-16(18)17-12-7-9-15-10-8-14-23(22)19(15)17/h5-14H,1-4H3. The fourth-order valence-electron chi connectivity index (χ4n) is 4.36. The maximum Gasteiger partial charge on any atom is 0.577 e. The van der Waals surface area contributed by atoms with E-state index in [2.05, 4.69) is 93.0 Å². The van der Waals surface area contributed by atoms with Crippen LogP contribution in [0.4, 0.5) is 0 Å². The molecule has 2 aliphatic rings. The number of pyridine rings is 1. The zero-order valence-electron chi connectivity index (χ0n) is 15.1. The Morgan fingerprint density at radius 2 is 1.40 bits per heavy atom. The van der Waals surface area contributed by atoms with Gasteiger partial charge in [-0.15, -0.1) is 0 Å². The van der Waals surface area contributed by atoms with Gasteiger partial charge in [0, 0.05) is 22.2 Å². The lowest BCUT2D eigenvalue weighted by atomic mass is 9.58. The van der Waals surface area contributed by atoms with Crippen LogP contribution in [0.3, 0.4) is 0 Å². The summed E-state index contributed by atoms with van der Waals surface area (Å²) in [4.78, 5) is 0. The van der Waals surface area contributed by atoms with Gasteiger partial charge in [0.2, 0.25) is 0 Å². The van der Waals surface area contributed by atoms with E-state index in [9.17, 15) is 0 Å². The van der Waals surface area contributed by atoms with Crippen molar-refractivity contribution in [1.29, 1.82) is 0 Å². The highest BCUT2D eigenvalue weighted by Gasteiger charge is 2.62. The Labute approximate surface area is 148 Å². The Hall–Kier alpha value is -2.17. The molecule has 0 radical (unpaired) electrons. The van der Waals surface area contributed by atoms with Gasteiger partial charge in [-0.05, 0) is 57.5 Å². The smallest absolute Gasteiger partial charge is 0.495 e. The molecule has 0 bridgehead atoms. The van der Waals surface area contributed by atoms with Crippen LogP contribution in [0.5, 0.6) is 0 Å². The molecule has 0 aliphatic carbocycles. The van der Waals surface area contributed by atoms with Gasteiger partial charge in [-0.2, -0.15) is 0 Å². The van der Waals surface area contributed by atoms with Gasteiger partial charge in [0.25, 0.3) is 0 Å². The highest BCUT2D eigenvalue weighted by atomic mass is 16.7. The van der Waals surface area contributed by atoms with Gasteiger partial charge in [-0.1, -0.05) is 35.8 Å². The Bertz CT molecular complexity index is 1000. The first kappa shape index (κ1) is 15.1. The van der Waals surface area contributed by atoms with Gasteiger partial charge in [-0.25, -0.2) is 0 Å². The second kappa shape index (κ2) is 4.51. The van der Waals surface area contributed by atoms with Gasteiger partial charge >= 0.3 is 6.69 Å². The topological polar surface area (TPSA) is 22.3 Å². The normalized spacial score (nSPS) is 21.4. The van der Waals surface area contributed by atoms with Crippen molar-refractivity contribution in [2.45, 2.75) is 38.9 Å². The molecule has 3 aromatic rings. The Balaban J connectivity index is 1.95. The summed E-state index contributed by atoms with van der Waals surface area (Å²) in [6.45, 7) is 6.67. The molecule has 0 N–H and O–H groups in total. The van der Waals surface area contributed by atoms with Crippen LogP contribution in [0, 0.1) is 0 Å². The van der Waals surface area contributed by atoms with E-state index >= 15 is 0 Å². The lowest BCUT2D eigenvalue weighted by Crippen LogP contribution is -2.76. The number of hydrogen-bond donors (Lipinski definition) is 0. The van der Waals surface area contributed by atoms with Crippen LogP contribution in [-0.4, -0.2) is 17.9 Å². The van der Waals surface area contributed by atoms with E-state index in [1.54, 1.807) is 0 Å². The molecule has 4 heteroatoms. The summed E-state index contributed by atoms with van der Waals surface area (Å²) in [5.41, 5.74) is 3.93. The SMILES string of the molecule is CC1(C)O[B-]2(OC1(C)C)c1ccccc1-c1cccc3ccc[n+]2c13. The molecule has 1 saturated heterocycles. The summed E-state index contributed by atoms with van der Waals surface area (Å²) in [5, 5.41) is 1.20. The molecule has 5 rings (SSSR count). The Morgan fingerprint density at radius 3 is 2.16 bits per heavy atom. The van der Waals surface area contributed by atoms with Crippen LogP contribution in [0.1, 0.15) is 27.7 Å². The quantitative estimate of drug-likeness (QED) is 0.589. The van der Waals surface area contributed by atoms with Crippen LogP contribution in [0.25, 0.3) is 22.0 Å². The number of fused-ring (bicyclic) bond motifs is 4. The van der Waals surface area contributed by atoms with Crippen molar-refractivity contribution in [2.75, 3.05) is 0 Å². The number of rotatable bonds is 0. The summed E-state index contributed by atoms with van der Waals surface area (Å²) in [5.74, 6) is 0. The molecule has 2 aromatic carbocycles. The molecular formula is C21H22BNO2. The van der Waals surface area contributed by atoms with E-state index in [-0.39, 0.29) is 0 Å². The van der Waals surface area contributed by atoms with E-state index in [1.165, 1.54) is 22.0 Å². The van der Waals surface area contributed by atoms with E-state index in [4.69, 9.17) is 9.31 Å². The van der Waals surface area contributed by atoms with Crippen molar-refractivity contribution in [3.63, 3.8) is 0 Å². The van der Waals surface area contributed by atoms with Crippen LogP contribution in [-0.2, 0) is 9.31 Å². The molecule has 126 valence electrons. The largest absolute Gasteiger partial charge is 0.577 e. The molecule has 3 nitrogen and oxygen atoms in total. The first-order valence-corrected chi connectivity index (χ1v) is 8.94. The number of nitrogens with zero attached hydrogens (tertiary/aromatic N) is 1. The average molecular weight is 331 g/mol. The van der Waals surface area contributed by atoms with Gasteiger partial charge < -0.3 is 13.8 Å². The third-order valence-corrected chi connectivity index (χ3v) is 6.22. The fourth-order valence-corrected chi connectivity index (χ4v) is 4.36. The van der Waals surface area contributed by atoms with Gasteiger partial charge in [0.1, 0.15) is 6.20 Å². The second-order valence-corrected chi connectivity index (χ2v) is 8.17. The van der Waals surface area contributed by atoms with E-state index in [0.29, 0.717) is 0 Å². The molecule has 1 fully saturated rings. The van der Waals surface area contributed by atoms with Crippen molar-refractivity contribution in [1.82, 2.24) is 0 Å². The van der Waals surface area contributed by atoms with Crippen LogP contribution >= 0.6 is 0 Å². The summed E-state index contributed by atoms with van der Waals surface area (Å²) in [6.07, 6.45) is 2.10. The molecule has 0 amide bonds. The molecular weight excluding hydrogens is 309 g/mol.